The molecule has 0 atom stereocenters. The number of thioether (sulfide) groups is 1. The molecular weight excluding hydrogens is 414 g/mol. The minimum Gasteiger partial charge on any atom is -0.325 e. The fourth-order valence-corrected chi connectivity index (χ4v) is 3.61. The van der Waals surface area contributed by atoms with Gasteiger partial charge < -0.3 is 10.6 Å². The van der Waals surface area contributed by atoms with Gasteiger partial charge in [-0.15, -0.1) is 11.8 Å². The molecule has 158 valence electrons. The summed E-state index contributed by atoms with van der Waals surface area (Å²) in [5.74, 6) is -0.177. The van der Waals surface area contributed by atoms with E-state index in [1.54, 1.807) is 12.1 Å². The maximum atomic E-state index is 12.3. The average Bonchev–Trinajstić information content (AvgIpc) is 2.76. The van der Waals surface area contributed by atoms with E-state index in [1.165, 1.54) is 36.0 Å². The molecule has 3 aromatic carbocycles. The van der Waals surface area contributed by atoms with Crippen LogP contribution in [0.4, 0.5) is 17.1 Å². The van der Waals surface area contributed by atoms with Crippen LogP contribution in [0.1, 0.15) is 21.5 Å². The highest BCUT2D eigenvalue weighted by molar-refractivity contribution is 8.00. The van der Waals surface area contributed by atoms with Crippen LogP contribution in [0, 0.1) is 24.0 Å². The smallest absolute Gasteiger partial charge is 0.269 e. The van der Waals surface area contributed by atoms with Crippen molar-refractivity contribution in [2.24, 2.45) is 0 Å². The van der Waals surface area contributed by atoms with Crippen LogP contribution in [0.3, 0.4) is 0 Å². The number of nitrogens with one attached hydrogen (secondary N) is 2. The zero-order valence-electron chi connectivity index (χ0n) is 17.0. The number of amides is 2. The number of hydrogen-bond donors (Lipinski definition) is 2. The number of carbonyl (C=O) groups excluding carboxylic acids is 2. The van der Waals surface area contributed by atoms with Crippen molar-refractivity contribution < 1.29 is 14.5 Å². The molecular formula is C23H21N3O4S. The van der Waals surface area contributed by atoms with Gasteiger partial charge in [-0.05, 0) is 61.4 Å². The average molecular weight is 436 g/mol. The molecule has 2 N–H and O–H groups in total. The second kappa shape index (κ2) is 9.90. The van der Waals surface area contributed by atoms with Crippen molar-refractivity contribution in [3.63, 3.8) is 0 Å². The first-order valence-electron chi connectivity index (χ1n) is 9.48. The normalized spacial score (nSPS) is 10.4. The largest absolute Gasteiger partial charge is 0.325 e. The van der Waals surface area contributed by atoms with Gasteiger partial charge >= 0.3 is 0 Å². The van der Waals surface area contributed by atoms with Gasteiger partial charge in [0.05, 0.1) is 10.7 Å². The molecule has 0 saturated carbocycles. The van der Waals surface area contributed by atoms with E-state index in [0.29, 0.717) is 11.3 Å². The number of anilines is 2. The number of nitro benzene ring substituents is 1. The molecule has 31 heavy (non-hydrogen) atoms. The predicted octanol–water partition coefficient (Wildman–Crippen LogP) is 5.19. The molecule has 2 amide bonds. The monoisotopic (exact) mass is 435 g/mol. The van der Waals surface area contributed by atoms with Gasteiger partial charge in [-0.3, -0.25) is 19.7 Å². The molecule has 7 nitrogen and oxygen atoms in total. The van der Waals surface area contributed by atoms with Gasteiger partial charge in [0.2, 0.25) is 5.91 Å². The van der Waals surface area contributed by atoms with E-state index < -0.39 is 4.92 Å². The molecule has 0 aliphatic carbocycles. The third-order valence-corrected chi connectivity index (χ3v) is 5.58. The molecule has 0 unspecified atom stereocenters. The quantitative estimate of drug-likeness (QED) is 0.302. The van der Waals surface area contributed by atoms with Crippen molar-refractivity contribution in [3.8, 4) is 0 Å². The lowest BCUT2D eigenvalue weighted by Gasteiger charge is -2.11. The highest BCUT2D eigenvalue weighted by Gasteiger charge is 2.11. The number of hydrogen-bond acceptors (Lipinski definition) is 5. The first kappa shape index (κ1) is 22.0. The molecule has 0 spiro atoms. The Morgan fingerprint density at radius 2 is 1.52 bits per heavy atom. The van der Waals surface area contributed by atoms with Gasteiger partial charge in [-0.2, -0.15) is 0 Å². The lowest BCUT2D eigenvalue weighted by Crippen LogP contribution is -2.15. The van der Waals surface area contributed by atoms with Crippen LogP contribution in [0.25, 0.3) is 0 Å². The SMILES string of the molecule is Cc1cccc(C)c1NC(=O)CSc1ccc(NC(=O)c2ccc([N+](=O)[O-])cc2)cc1. The van der Waals surface area contributed by atoms with Crippen molar-refractivity contribution in [1.29, 1.82) is 0 Å². The van der Waals surface area contributed by atoms with Crippen molar-refractivity contribution in [2.45, 2.75) is 18.7 Å². The van der Waals surface area contributed by atoms with Gasteiger partial charge in [-0.1, -0.05) is 18.2 Å². The summed E-state index contributed by atoms with van der Waals surface area (Å²) in [6.07, 6.45) is 0. The first-order valence-corrected chi connectivity index (χ1v) is 10.5. The van der Waals surface area contributed by atoms with Crippen LogP contribution in [0.2, 0.25) is 0 Å². The zero-order chi connectivity index (χ0) is 22.4. The Labute approximate surface area is 184 Å². The molecule has 0 heterocycles. The Balaban J connectivity index is 1.53. The molecule has 8 heteroatoms. The molecule has 0 radical (unpaired) electrons. The number of nitrogens with zero attached hydrogens (tertiary/aromatic N) is 1. The number of carbonyl (C=O) groups is 2. The number of non-ortho nitro benzene ring substituents is 1. The lowest BCUT2D eigenvalue weighted by molar-refractivity contribution is -0.384. The molecule has 3 rings (SSSR count). The number of aryl methyl sites for hydroxylation is 2. The Morgan fingerprint density at radius 1 is 0.903 bits per heavy atom. The van der Waals surface area contributed by atoms with Crippen LogP contribution in [0.5, 0.6) is 0 Å². The Morgan fingerprint density at radius 3 is 2.10 bits per heavy atom. The second-order valence-electron chi connectivity index (χ2n) is 6.89. The topological polar surface area (TPSA) is 101 Å². The van der Waals surface area contributed by atoms with Gasteiger partial charge in [0.15, 0.2) is 0 Å². The molecule has 0 aliphatic rings. The van der Waals surface area contributed by atoms with E-state index in [2.05, 4.69) is 10.6 Å². The van der Waals surface area contributed by atoms with E-state index in [4.69, 9.17) is 0 Å². The molecule has 0 aliphatic heterocycles. The maximum Gasteiger partial charge on any atom is 0.269 e. The summed E-state index contributed by atoms with van der Waals surface area (Å²) in [6, 6.07) is 18.4. The molecule has 3 aromatic rings. The molecule has 0 saturated heterocycles. The second-order valence-corrected chi connectivity index (χ2v) is 7.93. The van der Waals surface area contributed by atoms with Crippen molar-refractivity contribution in [1.82, 2.24) is 0 Å². The summed E-state index contributed by atoms with van der Waals surface area (Å²) >= 11 is 1.40. The van der Waals surface area contributed by atoms with Crippen molar-refractivity contribution in [3.05, 3.63) is 93.5 Å². The fourth-order valence-electron chi connectivity index (χ4n) is 2.91. The highest BCUT2D eigenvalue weighted by atomic mass is 32.2. The van der Waals surface area contributed by atoms with E-state index in [1.807, 2.05) is 44.2 Å². The number of benzene rings is 3. The van der Waals surface area contributed by atoms with Crippen molar-refractivity contribution >= 4 is 40.6 Å². The summed E-state index contributed by atoms with van der Waals surface area (Å²) in [5.41, 5.74) is 3.73. The van der Waals surface area contributed by atoms with E-state index in [-0.39, 0.29) is 23.3 Å². The van der Waals surface area contributed by atoms with Gasteiger partial charge in [0.25, 0.3) is 11.6 Å². The minimum absolute atomic E-state index is 0.0699. The van der Waals surface area contributed by atoms with Gasteiger partial charge in [0.1, 0.15) is 0 Å². The van der Waals surface area contributed by atoms with E-state index in [9.17, 15) is 19.7 Å². The Bertz CT molecular complexity index is 1090. The minimum atomic E-state index is -0.513. The predicted molar refractivity (Wildman–Crippen MR) is 123 cm³/mol. The summed E-state index contributed by atoms with van der Waals surface area (Å²) < 4.78 is 0. The van der Waals surface area contributed by atoms with Gasteiger partial charge in [0, 0.05) is 34.0 Å². The third-order valence-electron chi connectivity index (χ3n) is 4.57. The highest BCUT2D eigenvalue weighted by Crippen LogP contribution is 2.23. The number of para-hydroxylation sites is 1. The van der Waals surface area contributed by atoms with Crippen LogP contribution in [0.15, 0.2) is 71.6 Å². The molecule has 0 bridgehead atoms. The Kier molecular flexibility index (Phi) is 7.04. The van der Waals surface area contributed by atoms with Crippen LogP contribution < -0.4 is 10.6 Å². The molecule has 0 aromatic heterocycles. The summed E-state index contributed by atoms with van der Waals surface area (Å²) in [5, 5.41) is 16.4. The summed E-state index contributed by atoms with van der Waals surface area (Å²) in [7, 11) is 0. The third kappa shape index (κ3) is 5.93. The summed E-state index contributed by atoms with van der Waals surface area (Å²) in [6.45, 7) is 3.92. The standard InChI is InChI=1S/C23H21N3O4S/c1-15-4-3-5-16(2)22(15)25-21(27)14-31-20-12-8-18(9-13-20)24-23(28)17-6-10-19(11-7-17)26(29)30/h3-13H,14H2,1-2H3,(H,24,28)(H,25,27). The fraction of sp³-hybridized carbons (Fsp3) is 0.130. The Hall–Kier alpha value is -3.65. The van der Waals surface area contributed by atoms with Crippen LogP contribution in [-0.4, -0.2) is 22.5 Å². The van der Waals surface area contributed by atoms with Crippen molar-refractivity contribution in [2.75, 3.05) is 16.4 Å². The number of rotatable bonds is 7. The number of nitro groups is 1. The lowest BCUT2D eigenvalue weighted by atomic mass is 10.1. The van der Waals surface area contributed by atoms with E-state index >= 15 is 0 Å². The maximum absolute atomic E-state index is 12.3. The van der Waals surface area contributed by atoms with E-state index in [0.717, 1.165) is 21.7 Å². The van der Waals surface area contributed by atoms with Crippen LogP contribution >= 0.6 is 11.8 Å². The molecule has 0 fully saturated rings. The van der Waals surface area contributed by atoms with Gasteiger partial charge in [-0.25, -0.2) is 0 Å². The van der Waals surface area contributed by atoms with Crippen LogP contribution in [-0.2, 0) is 4.79 Å². The first-order chi connectivity index (χ1) is 14.8. The zero-order valence-corrected chi connectivity index (χ0v) is 17.9. The summed E-state index contributed by atoms with van der Waals surface area (Å²) in [4.78, 5) is 35.7.